The molecule has 2 heterocycles. The van der Waals surface area contributed by atoms with Crippen LogP contribution in [0.4, 0.5) is 0 Å². The van der Waals surface area contributed by atoms with E-state index in [0.717, 1.165) is 28.3 Å². The van der Waals surface area contributed by atoms with E-state index in [-0.39, 0.29) is 6.04 Å². The number of aryl methyl sites for hydroxylation is 1. The fourth-order valence-electron chi connectivity index (χ4n) is 2.24. The van der Waals surface area contributed by atoms with E-state index in [1.54, 1.807) is 13.4 Å². The summed E-state index contributed by atoms with van der Waals surface area (Å²) in [7, 11) is 3.57. The molecule has 1 aromatic carbocycles. The first-order chi connectivity index (χ1) is 10.2. The van der Waals surface area contributed by atoms with Gasteiger partial charge in [-0.2, -0.15) is 0 Å². The smallest absolute Gasteiger partial charge is 0.176 e. The molecule has 0 aliphatic heterocycles. The number of methoxy groups -OCH3 is 1. The lowest BCUT2D eigenvalue weighted by atomic mass is 10.2. The second-order valence-electron chi connectivity index (χ2n) is 4.99. The number of rotatable bonds is 5. The summed E-state index contributed by atoms with van der Waals surface area (Å²) in [6, 6.07) is 7.97. The summed E-state index contributed by atoms with van der Waals surface area (Å²) < 4.78 is 13.1. The van der Waals surface area contributed by atoms with Crippen LogP contribution < -0.4 is 10.1 Å². The summed E-state index contributed by atoms with van der Waals surface area (Å²) in [6.07, 6.45) is 1.69. The topological polar surface area (TPSA) is 65.1 Å². The molecule has 0 amide bonds. The lowest BCUT2D eigenvalue weighted by Gasteiger charge is -2.10. The second kappa shape index (κ2) is 5.57. The monoisotopic (exact) mass is 286 g/mol. The van der Waals surface area contributed by atoms with Crippen molar-refractivity contribution < 1.29 is 9.15 Å². The van der Waals surface area contributed by atoms with Crippen molar-refractivity contribution in [1.29, 1.82) is 0 Å². The zero-order chi connectivity index (χ0) is 14.8. The Bertz CT molecular complexity index is 747. The van der Waals surface area contributed by atoms with Crippen molar-refractivity contribution in [2.24, 2.45) is 7.05 Å². The molecule has 1 atom stereocenters. The molecular weight excluding hydrogens is 268 g/mol. The zero-order valence-corrected chi connectivity index (χ0v) is 12.3. The predicted molar refractivity (Wildman–Crippen MR) is 79.0 cm³/mol. The van der Waals surface area contributed by atoms with Crippen LogP contribution in [0.25, 0.3) is 11.0 Å². The normalized spacial score (nSPS) is 12.7. The van der Waals surface area contributed by atoms with Gasteiger partial charge in [0.25, 0.3) is 0 Å². The number of fused-ring (bicyclic) bond motifs is 1. The van der Waals surface area contributed by atoms with E-state index in [0.29, 0.717) is 6.54 Å². The van der Waals surface area contributed by atoms with Crippen LogP contribution in [0.1, 0.15) is 24.6 Å². The molecule has 0 radical (unpaired) electrons. The van der Waals surface area contributed by atoms with Crippen LogP contribution in [0.3, 0.4) is 0 Å². The van der Waals surface area contributed by atoms with E-state index in [1.807, 2.05) is 35.9 Å². The van der Waals surface area contributed by atoms with Gasteiger partial charge in [0.05, 0.1) is 19.7 Å². The minimum atomic E-state index is 0.0683. The summed E-state index contributed by atoms with van der Waals surface area (Å²) in [5, 5.41) is 12.3. The highest BCUT2D eigenvalue weighted by atomic mass is 16.5. The molecule has 0 spiro atoms. The van der Waals surface area contributed by atoms with Crippen molar-refractivity contribution >= 4 is 11.0 Å². The van der Waals surface area contributed by atoms with E-state index in [2.05, 4.69) is 22.4 Å². The number of hydrogen-bond donors (Lipinski definition) is 1. The van der Waals surface area contributed by atoms with Crippen LogP contribution in [-0.4, -0.2) is 21.9 Å². The maximum Gasteiger partial charge on any atom is 0.176 e. The van der Waals surface area contributed by atoms with Crippen molar-refractivity contribution in [2.45, 2.75) is 19.5 Å². The van der Waals surface area contributed by atoms with Crippen molar-refractivity contribution in [1.82, 2.24) is 20.1 Å². The number of para-hydroxylation sites is 1. The Morgan fingerprint density at radius 1 is 1.43 bits per heavy atom. The fourth-order valence-corrected chi connectivity index (χ4v) is 2.24. The molecule has 0 bridgehead atoms. The van der Waals surface area contributed by atoms with Crippen LogP contribution in [0.5, 0.6) is 5.75 Å². The Balaban J connectivity index is 1.78. The maximum atomic E-state index is 5.92. The number of hydrogen-bond acceptors (Lipinski definition) is 5. The highest BCUT2D eigenvalue weighted by Gasteiger charge is 2.14. The molecule has 1 unspecified atom stereocenters. The van der Waals surface area contributed by atoms with Crippen molar-refractivity contribution in [3.05, 3.63) is 42.2 Å². The van der Waals surface area contributed by atoms with Gasteiger partial charge in [-0.25, -0.2) is 0 Å². The third-order valence-corrected chi connectivity index (χ3v) is 3.55. The van der Waals surface area contributed by atoms with Gasteiger partial charge in [-0.15, -0.1) is 10.2 Å². The van der Waals surface area contributed by atoms with Gasteiger partial charge in [-0.3, -0.25) is 0 Å². The molecule has 110 valence electrons. The van der Waals surface area contributed by atoms with Gasteiger partial charge in [0.2, 0.25) is 0 Å². The summed E-state index contributed by atoms with van der Waals surface area (Å²) in [5.41, 5.74) is 0.780. The van der Waals surface area contributed by atoms with E-state index in [1.165, 1.54) is 0 Å². The quantitative estimate of drug-likeness (QED) is 0.780. The third-order valence-electron chi connectivity index (χ3n) is 3.55. The highest BCUT2D eigenvalue weighted by Crippen LogP contribution is 2.30. The first-order valence-corrected chi connectivity index (χ1v) is 6.81. The number of nitrogens with zero attached hydrogens (tertiary/aromatic N) is 3. The van der Waals surface area contributed by atoms with Gasteiger partial charge in [-0.05, 0) is 19.1 Å². The number of aromatic nitrogens is 3. The summed E-state index contributed by atoms with van der Waals surface area (Å²) in [4.78, 5) is 0. The molecule has 0 saturated heterocycles. The minimum absolute atomic E-state index is 0.0683. The van der Waals surface area contributed by atoms with Gasteiger partial charge < -0.3 is 19.0 Å². The van der Waals surface area contributed by atoms with Crippen LogP contribution in [-0.2, 0) is 13.6 Å². The number of nitrogens with one attached hydrogen (secondary N) is 1. The third kappa shape index (κ3) is 2.62. The summed E-state index contributed by atoms with van der Waals surface area (Å²) in [6.45, 7) is 2.69. The van der Waals surface area contributed by atoms with Gasteiger partial charge in [0.1, 0.15) is 17.9 Å². The van der Waals surface area contributed by atoms with Gasteiger partial charge in [0, 0.05) is 12.4 Å². The molecule has 2 aromatic heterocycles. The van der Waals surface area contributed by atoms with Crippen LogP contribution in [0.15, 0.2) is 35.0 Å². The molecule has 1 N–H and O–H groups in total. The SMILES string of the molecule is COc1cccc2cc(C(C)NCc3nncn3C)oc12. The molecule has 0 aliphatic carbocycles. The summed E-state index contributed by atoms with van der Waals surface area (Å²) in [5.74, 6) is 2.51. The zero-order valence-electron chi connectivity index (χ0n) is 12.3. The molecule has 0 saturated carbocycles. The lowest BCUT2D eigenvalue weighted by molar-refractivity contribution is 0.398. The number of benzene rings is 1. The molecule has 3 aromatic rings. The Morgan fingerprint density at radius 3 is 3.00 bits per heavy atom. The molecule has 6 heteroatoms. The van der Waals surface area contributed by atoms with Gasteiger partial charge >= 0.3 is 0 Å². The molecule has 21 heavy (non-hydrogen) atoms. The average Bonchev–Trinajstić information content (AvgIpc) is 3.10. The van der Waals surface area contributed by atoms with Gasteiger partial charge in [0.15, 0.2) is 11.3 Å². The second-order valence-corrected chi connectivity index (χ2v) is 4.99. The first kappa shape index (κ1) is 13.6. The van der Waals surface area contributed by atoms with E-state index < -0.39 is 0 Å². The molecule has 0 fully saturated rings. The molecule has 0 aliphatic rings. The van der Waals surface area contributed by atoms with E-state index >= 15 is 0 Å². The van der Waals surface area contributed by atoms with E-state index in [9.17, 15) is 0 Å². The first-order valence-electron chi connectivity index (χ1n) is 6.81. The summed E-state index contributed by atoms with van der Waals surface area (Å²) >= 11 is 0. The van der Waals surface area contributed by atoms with Crippen LogP contribution in [0, 0.1) is 0 Å². The van der Waals surface area contributed by atoms with Crippen molar-refractivity contribution in [3.63, 3.8) is 0 Å². The Hall–Kier alpha value is -2.34. The maximum absolute atomic E-state index is 5.92. The molecule has 6 nitrogen and oxygen atoms in total. The number of ether oxygens (including phenoxy) is 1. The highest BCUT2D eigenvalue weighted by molar-refractivity contribution is 5.83. The van der Waals surface area contributed by atoms with Gasteiger partial charge in [-0.1, -0.05) is 12.1 Å². The Labute approximate surface area is 122 Å². The Morgan fingerprint density at radius 2 is 2.29 bits per heavy atom. The standard InChI is InChI=1S/C15H18N4O2/c1-10(16-8-14-18-17-9-19(14)2)13-7-11-5-4-6-12(20-3)15(11)21-13/h4-7,9-10,16H,8H2,1-3H3. The van der Waals surface area contributed by atoms with Crippen molar-refractivity contribution in [2.75, 3.05) is 7.11 Å². The van der Waals surface area contributed by atoms with Crippen molar-refractivity contribution in [3.8, 4) is 5.75 Å². The fraction of sp³-hybridized carbons (Fsp3) is 0.333. The van der Waals surface area contributed by atoms with Crippen LogP contribution >= 0.6 is 0 Å². The average molecular weight is 286 g/mol. The lowest BCUT2D eigenvalue weighted by Crippen LogP contribution is -2.19. The molecular formula is C15H18N4O2. The number of furan rings is 1. The minimum Gasteiger partial charge on any atom is -0.493 e. The van der Waals surface area contributed by atoms with E-state index in [4.69, 9.17) is 9.15 Å². The Kier molecular flexibility index (Phi) is 3.62. The molecule has 3 rings (SSSR count). The predicted octanol–water partition coefficient (Wildman–Crippen LogP) is 2.42. The van der Waals surface area contributed by atoms with Crippen LogP contribution in [0.2, 0.25) is 0 Å². The largest absolute Gasteiger partial charge is 0.493 e.